The summed E-state index contributed by atoms with van der Waals surface area (Å²) in [6.07, 6.45) is 1.98. The van der Waals surface area contributed by atoms with Gasteiger partial charge in [0.25, 0.3) is 0 Å². The minimum Gasteiger partial charge on any atom is -0.496 e. The Labute approximate surface area is 117 Å². The Morgan fingerprint density at radius 2 is 1.89 bits per heavy atom. The molecule has 0 saturated carbocycles. The Bertz CT molecular complexity index is 381. The first-order valence-corrected chi connectivity index (χ1v) is 7.10. The monoisotopic (exact) mass is 264 g/mol. The minimum atomic E-state index is 0.227. The number of hydrogen-bond acceptors (Lipinski definition) is 3. The number of hydrogen-bond donors (Lipinski definition) is 1. The zero-order valence-corrected chi connectivity index (χ0v) is 12.9. The van der Waals surface area contributed by atoms with E-state index >= 15 is 0 Å². The lowest BCUT2D eigenvalue weighted by molar-refractivity contribution is 0.169. The van der Waals surface area contributed by atoms with E-state index in [9.17, 15) is 0 Å². The maximum atomic E-state index is 6.14. The van der Waals surface area contributed by atoms with Gasteiger partial charge in [0.15, 0.2) is 0 Å². The summed E-state index contributed by atoms with van der Waals surface area (Å²) in [4.78, 5) is 2.36. The van der Waals surface area contributed by atoms with Gasteiger partial charge in [-0.25, -0.2) is 0 Å². The normalized spacial score (nSPS) is 16.2. The van der Waals surface area contributed by atoms with Gasteiger partial charge >= 0.3 is 0 Å². The lowest BCUT2D eigenvalue weighted by atomic mass is 10.0. The fourth-order valence-electron chi connectivity index (χ4n) is 2.38. The summed E-state index contributed by atoms with van der Waals surface area (Å²) in [6, 6.07) is 9.26. The molecule has 0 spiro atoms. The third-order valence-electron chi connectivity index (χ3n) is 4.14. The third-order valence-corrected chi connectivity index (χ3v) is 4.14. The van der Waals surface area contributed by atoms with Crippen molar-refractivity contribution in [3.05, 3.63) is 29.8 Å². The van der Waals surface area contributed by atoms with Crippen molar-refractivity contribution in [3.63, 3.8) is 0 Å². The largest absolute Gasteiger partial charge is 0.496 e. The highest BCUT2D eigenvalue weighted by atomic mass is 16.5. The molecule has 0 amide bonds. The first-order valence-electron chi connectivity index (χ1n) is 7.10. The summed E-state index contributed by atoms with van der Waals surface area (Å²) in [5.74, 6) is 0.968. The third kappa shape index (κ3) is 4.22. The van der Waals surface area contributed by atoms with E-state index in [0.29, 0.717) is 12.1 Å². The van der Waals surface area contributed by atoms with Crippen LogP contribution in [0.3, 0.4) is 0 Å². The van der Waals surface area contributed by atoms with Gasteiger partial charge in [0.05, 0.1) is 7.11 Å². The molecule has 0 aliphatic heterocycles. The van der Waals surface area contributed by atoms with E-state index in [2.05, 4.69) is 44.9 Å². The molecule has 3 unspecified atom stereocenters. The van der Waals surface area contributed by atoms with Gasteiger partial charge in [0.2, 0.25) is 0 Å². The average Bonchev–Trinajstić information content (AvgIpc) is 2.45. The molecule has 0 saturated heterocycles. The number of benzene rings is 1. The Hall–Kier alpha value is -1.06. The maximum absolute atomic E-state index is 6.14. The van der Waals surface area contributed by atoms with E-state index in [1.165, 1.54) is 5.56 Å². The standard InChI is InChI=1S/C16H28N2O/c1-6-15(17)13(3)18(4)12(2)11-14-9-7-8-10-16(14)19-5/h7-10,12-13,15H,6,11,17H2,1-5H3. The highest BCUT2D eigenvalue weighted by molar-refractivity contribution is 5.33. The topological polar surface area (TPSA) is 38.5 Å². The van der Waals surface area contributed by atoms with Crippen molar-refractivity contribution >= 4 is 0 Å². The lowest BCUT2D eigenvalue weighted by Crippen LogP contribution is -2.48. The molecule has 0 heterocycles. The molecule has 2 N–H and O–H groups in total. The second-order valence-corrected chi connectivity index (χ2v) is 5.34. The van der Waals surface area contributed by atoms with Crippen molar-refractivity contribution in [2.75, 3.05) is 14.2 Å². The molecule has 3 atom stereocenters. The molecule has 108 valence electrons. The number of ether oxygens (including phenoxy) is 1. The van der Waals surface area contributed by atoms with Crippen LogP contribution in [0.5, 0.6) is 5.75 Å². The fourth-order valence-corrected chi connectivity index (χ4v) is 2.38. The Morgan fingerprint density at radius 3 is 2.47 bits per heavy atom. The SMILES string of the molecule is CCC(N)C(C)N(C)C(C)Cc1ccccc1OC. The minimum absolute atomic E-state index is 0.227. The van der Waals surface area contributed by atoms with Crippen LogP contribution in [0.2, 0.25) is 0 Å². The van der Waals surface area contributed by atoms with E-state index in [1.54, 1.807) is 7.11 Å². The van der Waals surface area contributed by atoms with Crippen LogP contribution in [0.4, 0.5) is 0 Å². The quantitative estimate of drug-likeness (QED) is 0.823. The average molecular weight is 264 g/mol. The number of likely N-dealkylation sites (N-methyl/N-ethyl adjacent to an activating group) is 1. The van der Waals surface area contributed by atoms with Crippen LogP contribution in [0.1, 0.15) is 32.8 Å². The molecule has 1 rings (SSSR count). The number of para-hydroxylation sites is 1. The van der Waals surface area contributed by atoms with E-state index in [0.717, 1.165) is 18.6 Å². The Balaban J connectivity index is 2.70. The Morgan fingerprint density at radius 1 is 1.26 bits per heavy atom. The zero-order chi connectivity index (χ0) is 14.4. The molecule has 0 aromatic heterocycles. The second-order valence-electron chi connectivity index (χ2n) is 5.34. The zero-order valence-electron chi connectivity index (χ0n) is 12.9. The van der Waals surface area contributed by atoms with Crippen LogP contribution in [-0.2, 0) is 6.42 Å². The number of rotatable bonds is 7. The van der Waals surface area contributed by atoms with E-state index in [-0.39, 0.29) is 6.04 Å². The molecular formula is C16H28N2O. The molecule has 0 fully saturated rings. The van der Waals surface area contributed by atoms with Crippen LogP contribution in [0, 0.1) is 0 Å². The maximum Gasteiger partial charge on any atom is 0.122 e. The molecule has 19 heavy (non-hydrogen) atoms. The molecule has 0 aliphatic carbocycles. The van der Waals surface area contributed by atoms with Crippen molar-refractivity contribution in [2.24, 2.45) is 5.73 Å². The summed E-state index contributed by atoms with van der Waals surface area (Å²) in [7, 11) is 3.88. The van der Waals surface area contributed by atoms with Crippen molar-refractivity contribution in [2.45, 2.75) is 51.7 Å². The van der Waals surface area contributed by atoms with Crippen LogP contribution in [0.25, 0.3) is 0 Å². The van der Waals surface area contributed by atoms with Gasteiger partial charge < -0.3 is 10.5 Å². The van der Waals surface area contributed by atoms with Gasteiger partial charge in [-0.3, -0.25) is 4.90 Å². The van der Waals surface area contributed by atoms with E-state index in [1.807, 2.05) is 12.1 Å². The van der Waals surface area contributed by atoms with Gasteiger partial charge in [-0.15, -0.1) is 0 Å². The van der Waals surface area contributed by atoms with E-state index in [4.69, 9.17) is 10.5 Å². The van der Waals surface area contributed by atoms with Crippen molar-refractivity contribution < 1.29 is 4.74 Å². The molecule has 3 nitrogen and oxygen atoms in total. The molecule has 3 heteroatoms. The Kier molecular flexibility index (Phi) is 6.32. The summed E-state index contributed by atoms with van der Waals surface area (Å²) < 4.78 is 5.41. The van der Waals surface area contributed by atoms with Crippen LogP contribution >= 0.6 is 0 Å². The smallest absolute Gasteiger partial charge is 0.122 e. The molecular weight excluding hydrogens is 236 g/mol. The van der Waals surface area contributed by atoms with Crippen LogP contribution in [-0.4, -0.2) is 37.2 Å². The second kappa shape index (κ2) is 7.51. The van der Waals surface area contributed by atoms with E-state index < -0.39 is 0 Å². The summed E-state index contributed by atoms with van der Waals surface area (Å²) in [5.41, 5.74) is 7.39. The van der Waals surface area contributed by atoms with Crippen molar-refractivity contribution in [3.8, 4) is 5.75 Å². The van der Waals surface area contributed by atoms with Gasteiger partial charge in [0.1, 0.15) is 5.75 Å². The highest BCUT2D eigenvalue weighted by Gasteiger charge is 2.21. The van der Waals surface area contributed by atoms with Crippen molar-refractivity contribution in [1.29, 1.82) is 0 Å². The van der Waals surface area contributed by atoms with Crippen LogP contribution in [0.15, 0.2) is 24.3 Å². The predicted octanol–water partition coefficient (Wildman–Crippen LogP) is 2.68. The molecule has 0 radical (unpaired) electrons. The number of nitrogens with two attached hydrogens (primary N) is 1. The number of nitrogens with zero attached hydrogens (tertiary/aromatic N) is 1. The van der Waals surface area contributed by atoms with Crippen molar-refractivity contribution in [1.82, 2.24) is 4.90 Å². The summed E-state index contributed by atoms with van der Waals surface area (Å²) in [5, 5.41) is 0. The predicted molar refractivity (Wildman–Crippen MR) is 81.7 cm³/mol. The highest BCUT2D eigenvalue weighted by Crippen LogP contribution is 2.21. The van der Waals surface area contributed by atoms with Gasteiger partial charge in [-0.1, -0.05) is 25.1 Å². The van der Waals surface area contributed by atoms with Gasteiger partial charge in [-0.2, -0.15) is 0 Å². The lowest BCUT2D eigenvalue weighted by Gasteiger charge is -2.34. The number of methoxy groups -OCH3 is 1. The summed E-state index contributed by atoms with van der Waals surface area (Å²) >= 11 is 0. The molecule has 1 aromatic rings. The van der Waals surface area contributed by atoms with Gasteiger partial charge in [0, 0.05) is 18.1 Å². The molecule has 0 aliphatic rings. The summed E-state index contributed by atoms with van der Waals surface area (Å²) in [6.45, 7) is 6.58. The molecule has 0 bridgehead atoms. The first kappa shape index (κ1) is 16.0. The fraction of sp³-hybridized carbons (Fsp3) is 0.625. The first-order chi connectivity index (χ1) is 9.01. The van der Waals surface area contributed by atoms with Gasteiger partial charge in [-0.05, 0) is 45.4 Å². The van der Waals surface area contributed by atoms with Crippen LogP contribution < -0.4 is 10.5 Å². The molecule has 1 aromatic carbocycles.